The molecule has 0 atom stereocenters. The highest BCUT2D eigenvalue weighted by Gasteiger charge is 2.16. The number of fused-ring (bicyclic) bond motifs is 1. The number of aromatic nitrogens is 2. The zero-order valence-electron chi connectivity index (χ0n) is 11.5. The molecule has 2 heterocycles. The van der Waals surface area contributed by atoms with Gasteiger partial charge in [-0.2, -0.15) is 0 Å². The Kier molecular flexibility index (Phi) is 3.49. The minimum Gasteiger partial charge on any atom is -0.328 e. The monoisotopic (exact) mass is 329 g/mol. The van der Waals surface area contributed by atoms with E-state index in [1.807, 2.05) is 24.4 Å². The molecule has 0 radical (unpaired) electrons. The Morgan fingerprint density at radius 2 is 1.90 bits per heavy atom. The largest absolute Gasteiger partial charge is 0.328 e. The van der Waals surface area contributed by atoms with E-state index in [1.165, 1.54) is 11.3 Å². The Hall–Kier alpha value is -1.81. The number of alkyl halides is 1. The van der Waals surface area contributed by atoms with Gasteiger partial charge in [-0.1, -0.05) is 40.2 Å². The summed E-state index contributed by atoms with van der Waals surface area (Å²) in [7, 11) is 2.07. The average Bonchev–Trinajstić information content (AvgIpc) is 2.85. The van der Waals surface area contributed by atoms with Gasteiger partial charge in [-0.15, -0.1) is 0 Å². The number of benzene rings is 1. The summed E-state index contributed by atoms with van der Waals surface area (Å²) < 4.78 is 2.12. The number of hydrogen-bond acceptors (Lipinski definition) is 2. The molecule has 0 aliphatic rings. The first-order valence-corrected chi connectivity index (χ1v) is 7.66. The van der Waals surface area contributed by atoms with Gasteiger partial charge in [-0.05, 0) is 30.7 Å². The number of imidazole rings is 1. The van der Waals surface area contributed by atoms with E-state index < -0.39 is 0 Å². The van der Waals surface area contributed by atoms with Gasteiger partial charge in [0, 0.05) is 24.3 Å². The predicted octanol–water partition coefficient (Wildman–Crippen LogP) is 4.31. The van der Waals surface area contributed by atoms with Gasteiger partial charge >= 0.3 is 0 Å². The van der Waals surface area contributed by atoms with Crippen LogP contribution in [0.1, 0.15) is 11.3 Å². The topological polar surface area (TPSA) is 20.5 Å². The summed E-state index contributed by atoms with van der Waals surface area (Å²) in [5.41, 5.74) is 4.55. The highest BCUT2D eigenvalue weighted by molar-refractivity contribution is 9.08. The molecule has 0 saturated carbocycles. The Morgan fingerprint density at radius 1 is 1.15 bits per heavy atom. The van der Waals surface area contributed by atoms with E-state index in [2.05, 4.69) is 63.5 Å². The van der Waals surface area contributed by atoms with Gasteiger partial charge in [0.2, 0.25) is 0 Å². The van der Waals surface area contributed by atoms with Gasteiger partial charge in [0.15, 0.2) is 5.82 Å². The molecule has 0 aliphatic carbocycles. The number of para-hydroxylation sites is 1. The van der Waals surface area contributed by atoms with Crippen molar-refractivity contribution in [1.29, 1.82) is 0 Å². The van der Waals surface area contributed by atoms with Crippen LogP contribution in [0.2, 0.25) is 0 Å². The molecular formula is C16H16BrN3. The van der Waals surface area contributed by atoms with E-state index in [-0.39, 0.29) is 0 Å². The predicted molar refractivity (Wildman–Crippen MR) is 87.1 cm³/mol. The zero-order chi connectivity index (χ0) is 14.1. The van der Waals surface area contributed by atoms with E-state index in [0.29, 0.717) is 0 Å². The Labute approximate surface area is 127 Å². The lowest BCUT2D eigenvalue weighted by atomic mass is 10.2. The van der Waals surface area contributed by atoms with Gasteiger partial charge in [-0.3, -0.25) is 0 Å². The smallest absolute Gasteiger partial charge is 0.156 e. The fourth-order valence-corrected chi connectivity index (χ4v) is 3.00. The summed E-state index contributed by atoms with van der Waals surface area (Å²) in [5.74, 6) is 0.988. The first kappa shape index (κ1) is 13.2. The van der Waals surface area contributed by atoms with Crippen molar-refractivity contribution in [2.75, 3.05) is 11.9 Å². The summed E-state index contributed by atoms with van der Waals surface area (Å²) in [6, 6.07) is 14.4. The summed E-state index contributed by atoms with van der Waals surface area (Å²) >= 11 is 3.58. The van der Waals surface area contributed by atoms with Crippen LogP contribution < -0.4 is 4.90 Å². The van der Waals surface area contributed by atoms with Gasteiger partial charge < -0.3 is 9.30 Å². The van der Waals surface area contributed by atoms with Crippen molar-refractivity contribution in [3.05, 3.63) is 59.9 Å². The molecule has 2 aromatic heterocycles. The van der Waals surface area contributed by atoms with Crippen molar-refractivity contribution in [2.45, 2.75) is 12.3 Å². The maximum absolute atomic E-state index is 4.76. The van der Waals surface area contributed by atoms with Crippen molar-refractivity contribution in [1.82, 2.24) is 9.38 Å². The standard InChI is InChI=1S/C16H16BrN3/c1-12-7-3-4-8-13(12)19(2)16-14(11-17)20-10-6-5-9-15(20)18-16/h3-10H,11H2,1-2H3. The third kappa shape index (κ3) is 2.10. The minimum absolute atomic E-state index is 0.768. The third-order valence-corrected chi connectivity index (χ3v) is 4.06. The van der Waals surface area contributed by atoms with Crippen LogP contribution in [-0.4, -0.2) is 16.4 Å². The first-order valence-electron chi connectivity index (χ1n) is 6.53. The zero-order valence-corrected chi connectivity index (χ0v) is 13.1. The van der Waals surface area contributed by atoms with Crippen LogP contribution in [0.4, 0.5) is 11.5 Å². The lowest BCUT2D eigenvalue weighted by Gasteiger charge is -2.20. The summed E-state index contributed by atoms with van der Waals surface area (Å²) in [4.78, 5) is 6.91. The summed E-state index contributed by atoms with van der Waals surface area (Å²) in [5, 5.41) is 0.768. The molecule has 0 saturated heterocycles. The van der Waals surface area contributed by atoms with E-state index in [4.69, 9.17) is 4.98 Å². The Balaban J connectivity index is 2.17. The Morgan fingerprint density at radius 3 is 2.65 bits per heavy atom. The number of halogens is 1. The number of hydrogen-bond donors (Lipinski definition) is 0. The maximum Gasteiger partial charge on any atom is 0.156 e. The number of nitrogens with zero attached hydrogens (tertiary/aromatic N) is 3. The van der Waals surface area contributed by atoms with Crippen LogP contribution in [0.15, 0.2) is 48.7 Å². The van der Waals surface area contributed by atoms with Crippen LogP contribution in [-0.2, 0) is 5.33 Å². The van der Waals surface area contributed by atoms with Gasteiger partial charge in [0.1, 0.15) is 5.65 Å². The van der Waals surface area contributed by atoms with Crippen molar-refractivity contribution in [2.24, 2.45) is 0 Å². The fourth-order valence-electron chi connectivity index (χ4n) is 2.48. The molecule has 1 aromatic carbocycles. The number of pyridine rings is 1. The van der Waals surface area contributed by atoms with Crippen LogP contribution in [0.3, 0.4) is 0 Å². The van der Waals surface area contributed by atoms with E-state index in [0.717, 1.165) is 22.5 Å². The van der Waals surface area contributed by atoms with E-state index in [1.54, 1.807) is 0 Å². The molecule has 20 heavy (non-hydrogen) atoms. The van der Waals surface area contributed by atoms with Crippen LogP contribution in [0.5, 0.6) is 0 Å². The normalized spacial score (nSPS) is 10.9. The van der Waals surface area contributed by atoms with Gasteiger partial charge in [0.25, 0.3) is 0 Å². The molecule has 4 heteroatoms. The quantitative estimate of drug-likeness (QED) is 0.667. The molecule has 0 spiro atoms. The van der Waals surface area contributed by atoms with Crippen LogP contribution in [0, 0.1) is 6.92 Å². The lowest BCUT2D eigenvalue weighted by molar-refractivity contribution is 1.07. The lowest BCUT2D eigenvalue weighted by Crippen LogP contribution is -2.13. The SMILES string of the molecule is Cc1ccccc1N(C)c1nc2ccccn2c1CBr. The number of rotatable bonds is 3. The second kappa shape index (κ2) is 5.29. The third-order valence-electron chi connectivity index (χ3n) is 3.53. The molecule has 0 unspecified atom stereocenters. The van der Waals surface area contributed by atoms with Gasteiger partial charge in [-0.25, -0.2) is 4.98 Å². The van der Waals surface area contributed by atoms with Crippen molar-refractivity contribution >= 4 is 33.1 Å². The molecule has 0 aliphatic heterocycles. The molecule has 0 fully saturated rings. The Bertz CT molecular complexity index is 748. The van der Waals surface area contributed by atoms with Crippen molar-refractivity contribution in [3.8, 4) is 0 Å². The van der Waals surface area contributed by atoms with Crippen LogP contribution >= 0.6 is 15.9 Å². The molecule has 3 nitrogen and oxygen atoms in total. The highest BCUT2D eigenvalue weighted by Crippen LogP contribution is 2.30. The van der Waals surface area contributed by atoms with Gasteiger partial charge in [0.05, 0.1) is 5.69 Å². The van der Waals surface area contributed by atoms with E-state index >= 15 is 0 Å². The van der Waals surface area contributed by atoms with Crippen molar-refractivity contribution < 1.29 is 0 Å². The minimum atomic E-state index is 0.768. The average molecular weight is 330 g/mol. The molecule has 0 amide bonds. The summed E-state index contributed by atoms with van der Waals surface area (Å²) in [6.07, 6.45) is 2.05. The first-order chi connectivity index (χ1) is 9.72. The number of anilines is 2. The molecule has 3 rings (SSSR count). The highest BCUT2D eigenvalue weighted by atomic mass is 79.9. The molecule has 3 aromatic rings. The maximum atomic E-state index is 4.76. The van der Waals surface area contributed by atoms with Crippen LogP contribution in [0.25, 0.3) is 5.65 Å². The second-order valence-electron chi connectivity index (χ2n) is 4.79. The molecule has 0 N–H and O–H groups in total. The fraction of sp³-hybridized carbons (Fsp3) is 0.188. The summed E-state index contributed by atoms with van der Waals surface area (Å²) in [6.45, 7) is 2.12. The van der Waals surface area contributed by atoms with E-state index in [9.17, 15) is 0 Å². The molecule has 0 bridgehead atoms. The van der Waals surface area contributed by atoms with Crippen molar-refractivity contribution in [3.63, 3.8) is 0 Å². The molecule has 102 valence electrons. The number of aryl methyl sites for hydroxylation is 1. The second-order valence-corrected chi connectivity index (χ2v) is 5.35. The molecular weight excluding hydrogens is 314 g/mol.